The number of esters is 1. The minimum Gasteiger partial charge on any atom is -0.504 e. The summed E-state index contributed by atoms with van der Waals surface area (Å²) in [6.45, 7) is 6.99. The fraction of sp³-hybridized carbons (Fsp3) is 0.737. The Kier molecular flexibility index (Phi) is 14.3. The highest BCUT2D eigenvalue weighted by Gasteiger charge is 2.39. The Morgan fingerprint density at radius 3 is 2.79 bits per heavy atom. The molecule has 0 aromatic heterocycles. The molecule has 0 spiro atoms. The van der Waals surface area contributed by atoms with Gasteiger partial charge in [0.05, 0.1) is 18.1 Å². The van der Waals surface area contributed by atoms with E-state index >= 15 is 0 Å². The Morgan fingerprint density at radius 1 is 1.25 bits per heavy atom. The van der Waals surface area contributed by atoms with Gasteiger partial charge >= 0.3 is 5.97 Å². The van der Waals surface area contributed by atoms with Crippen molar-refractivity contribution < 1.29 is 29.6 Å². The Hall–Kier alpha value is -3.00. The van der Waals surface area contributed by atoms with E-state index < -0.39 is 23.6 Å². The van der Waals surface area contributed by atoms with Gasteiger partial charge in [-0.25, -0.2) is 0 Å². The van der Waals surface area contributed by atoms with Crippen LogP contribution in [0.2, 0.25) is 0 Å². The molecule has 4 bridgehead atoms. The predicted molar refractivity (Wildman–Crippen MR) is 188 cm³/mol. The number of aliphatic imine (C=N–C) groups is 1. The highest BCUT2D eigenvalue weighted by atomic mass is 16.5. The molecule has 0 unspecified atom stereocenters. The molecule has 1 aromatic rings. The molecule has 268 valence electrons. The molecule has 1 fully saturated rings. The summed E-state index contributed by atoms with van der Waals surface area (Å²) in [6, 6.07) is 3.71. The van der Waals surface area contributed by atoms with Crippen molar-refractivity contribution in [2.45, 2.75) is 135 Å². The summed E-state index contributed by atoms with van der Waals surface area (Å²) in [4.78, 5) is 16.7. The van der Waals surface area contributed by atoms with E-state index in [1.54, 1.807) is 13.1 Å². The van der Waals surface area contributed by atoms with Crippen LogP contribution in [0, 0.1) is 35.0 Å². The highest BCUT2D eigenvalue weighted by molar-refractivity contribution is 5.77. The zero-order chi connectivity index (χ0) is 34.7. The normalized spacial score (nSPS) is 30.4. The lowest BCUT2D eigenvalue weighted by molar-refractivity contribution is -0.152. The molecule has 0 amide bonds. The molecular formula is C38H60N4O6. The van der Waals surface area contributed by atoms with Crippen LogP contribution in [0.5, 0.6) is 11.5 Å². The number of carbonyl (C=O) groups excluding carboxylic acids is 1. The minimum absolute atomic E-state index is 0.00578. The number of unbranched alkanes of at least 4 members (excludes halogenated alkanes) is 2. The van der Waals surface area contributed by atoms with Gasteiger partial charge in [0.15, 0.2) is 17.5 Å². The Morgan fingerprint density at radius 2 is 2.06 bits per heavy atom. The Balaban J connectivity index is 1.86. The molecule has 4 rings (SSSR count). The molecule has 8 atom stereocenters. The number of nitrogens with one attached hydrogen (secondary N) is 2. The van der Waals surface area contributed by atoms with E-state index in [4.69, 9.17) is 15.2 Å². The zero-order valence-electron chi connectivity index (χ0n) is 29.6. The smallest absolute Gasteiger partial charge is 0.302 e. The lowest BCUT2D eigenvalue weighted by atomic mass is 9.68. The van der Waals surface area contributed by atoms with Gasteiger partial charge < -0.3 is 41.2 Å². The van der Waals surface area contributed by atoms with Gasteiger partial charge in [0.2, 0.25) is 0 Å². The molecular weight excluding hydrogens is 608 g/mol. The molecule has 2 heterocycles. The van der Waals surface area contributed by atoms with E-state index in [0.29, 0.717) is 43.1 Å². The van der Waals surface area contributed by atoms with Gasteiger partial charge in [-0.05, 0) is 87.1 Å². The van der Waals surface area contributed by atoms with Crippen molar-refractivity contribution >= 4 is 11.9 Å². The number of ether oxygens (including phenoxy) is 2. The average molecular weight is 669 g/mol. The van der Waals surface area contributed by atoms with Crippen LogP contribution in [0.25, 0.3) is 0 Å². The van der Waals surface area contributed by atoms with E-state index in [1.165, 1.54) is 6.92 Å². The SMILES string of the molecule is CCCCC[C@H](C)[C@]1(CNC(N)=NC)C#C[C@H]2CCC[C@H]3C[C@H](CCN3)Oc3cc(c(CO)cc3O)C[C@H]2[C@@H](OC(C)=O)C[C@@H](O)CC1. The fourth-order valence-corrected chi connectivity index (χ4v) is 7.94. The van der Waals surface area contributed by atoms with Crippen molar-refractivity contribution in [1.29, 1.82) is 0 Å². The second kappa shape index (κ2) is 18.1. The van der Waals surface area contributed by atoms with Crippen LogP contribution in [0.15, 0.2) is 17.1 Å². The maximum atomic E-state index is 12.6. The monoisotopic (exact) mass is 668 g/mol. The number of aliphatic hydroxyl groups excluding tert-OH is 2. The number of rotatable bonds is 9. The highest BCUT2D eigenvalue weighted by Crippen LogP contribution is 2.41. The molecule has 10 nitrogen and oxygen atoms in total. The summed E-state index contributed by atoms with van der Waals surface area (Å²) in [5, 5.41) is 39.9. The van der Waals surface area contributed by atoms with E-state index in [0.717, 1.165) is 69.9 Å². The first kappa shape index (κ1) is 37.8. The topological polar surface area (TPSA) is 159 Å². The number of phenolic OH excluding ortho intramolecular Hbond substituents is 1. The van der Waals surface area contributed by atoms with Crippen molar-refractivity contribution in [3.05, 3.63) is 23.3 Å². The number of nitrogens with zero attached hydrogens (tertiary/aromatic N) is 1. The molecule has 0 saturated carbocycles. The lowest BCUT2D eigenvalue weighted by Crippen LogP contribution is -2.45. The standard InChI is InChI=1S/C38H60N4O6/c1-5-6-7-9-25(2)38(24-42-37(39)40-4)15-12-27-10-8-11-30-21-32(14-17-41-30)48-36-20-28(29(23-43)19-34(36)46)18-33(27)35(47-26(3)44)22-31(45)13-16-38/h19-20,25,27,30-33,35,41,43,45-46H,5-11,13-14,16-18,21-24H2,1-4H3,(H3,39,40,42)/t25-,27+,30-,31-,32-,33+,35-,38+/m0/s1. The first-order valence-electron chi connectivity index (χ1n) is 18.3. The number of nitrogens with two attached hydrogens (primary N) is 1. The second-order valence-corrected chi connectivity index (χ2v) is 14.4. The third-order valence-corrected chi connectivity index (χ3v) is 11.0. The van der Waals surface area contributed by atoms with Crippen molar-refractivity contribution in [2.24, 2.45) is 33.9 Å². The van der Waals surface area contributed by atoms with E-state index in [-0.39, 0.29) is 48.7 Å². The van der Waals surface area contributed by atoms with Crippen molar-refractivity contribution in [1.82, 2.24) is 10.6 Å². The molecule has 3 aliphatic rings. The van der Waals surface area contributed by atoms with Gasteiger partial charge in [-0.1, -0.05) is 51.4 Å². The van der Waals surface area contributed by atoms with Crippen molar-refractivity contribution in [2.75, 3.05) is 20.1 Å². The first-order valence-corrected chi connectivity index (χ1v) is 18.3. The summed E-state index contributed by atoms with van der Waals surface area (Å²) < 4.78 is 12.4. The van der Waals surface area contributed by atoms with E-state index in [9.17, 15) is 20.1 Å². The largest absolute Gasteiger partial charge is 0.504 e. The van der Waals surface area contributed by atoms with Crippen LogP contribution in [0.4, 0.5) is 0 Å². The number of hydrogen-bond acceptors (Lipinski definition) is 8. The maximum absolute atomic E-state index is 12.6. The first-order chi connectivity index (χ1) is 23.1. The van der Waals surface area contributed by atoms with E-state index in [1.807, 2.05) is 6.07 Å². The number of aliphatic hydroxyl groups is 2. The number of piperidine rings is 1. The van der Waals surface area contributed by atoms with Gasteiger partial charge in [-0.2, -0.15) is 0 Å². The van der Waals surface area contributed by atoms with Crippen LogP contribution in [-0.4, -0.2) is 71.7 Å². The third-order valence-electron chi connectivity index (χ3n) is 11.0. The van der Waals surface area contributed by atoms with Crippen LogP contribution < -0.4 is 21.1 Å². The Bertz CT molecular complexity index is 1290. The van der Waals surface area contributed by atoms with E-state index in [2.05, 4.69) is 41.3 Å². The summed E-state index contributed by atoms with van der Waals surface area (Å²) >= 11 is 0. The summed E-state index contributed by atoms with van der Waals surface area (Å²) in [6.07, 6.45) is 9.31. The molecule has 0 radical (unpaired) electrons. The molecule has 48 heavy (non-hydrogen) atoms. The van der Waals surface area contributed by atoms with Gasteiger partial charge in [0, 0.05) is 44.8 Å². The third kappa shape index (κ3) is 10.3. The van der Waals surface area contributed by atoms with Crippen molar-refractivity contribution in [3.8, 4) is 23.3 Å². The van der Waals surface area contributed by atoms with Gasteiger partial charge in [0.25, 0.3) is 0 Å². The summed E-state index contributed by atoms with van der Waals surface area (Å²) in [5.74, 6) is 7.78. The van der Waals surface area contributed by atoms with Gasteiger partial charge in [-0.15, -0.1) is 0 Å². The molecule has 1 saturated heterocycles. The second-order valence-electron chi connectivity index (χ2n) is 14.4. The molecule has 2 aliphatic heterocycles. The average Bonchev–Trinajstić information content (AvgIpc) is 3.07. The number of phenols is 1. The number of carbonyl (C=O) groups is 1. The molecule has 10 heteroatoms. The molecule has 1 aliphatic carbocycles. The summed E-state index contributed by atoms with van der Waals surface area (Å²) in [7, 11) is 1.67. The van der Waals surface area contributed by atoms with Crippen molar-refractivity contribution in [3.63, 3.8) is 0 Å². The van der Waals surface area contributed by atoms with Crippen LogP contribution in [0.1, 0.15) is 109 Å². The quantitative estimate of drug-likeness (QED) is 0.0730. The molecule has 1 aromatic carbocycles. The number of hydrogen-bond donors (Lipinski definition) is 6. The predicted octanol–water partition coefficient (Wildman–Crippen LogP) is 4.56. The molecule has 7 N–H and O–H groups in total. The zero-order valence-corrected chi connectivity index (χ0v) is 29.6. The lowest BCUT2D eigenvalue weighted by Gasteiger charge is -2.39. The fourth-order valence-electron chi connectivity index (χ4n) is 7.94. The number of benzene rings is 1. The number of fused-ring (bicyclic) bond motifs is 5. The Labute approximate surface area is 287 Å². The van der Waals surface area contributed by atoms with Crippen LogP contribution >= 0.6 is 0 Å². The van der Waals surface area contributed by atoms with Gasteiger partial charge in [0.1, 0.15) is 12.2 Å². The maximum Gasteiger partial charge on any atom is 0.302 e. The number of aromatic hydroxyl groups is 1. The number of guanidine groups is 1. The van der Waals surface area contributed by atoms with Gasteiger partial charge in [-0.3, -0.25) is 9.79 Å². The summed E-state index contributed by atoms with van der Waals surface area (Å²) in [5.41, 5.74) is 7.11. The van der Waals surface area contributed by atoms with Crippen LogP contribution in [0.3, 0.4) is 0 Å². The van der Waals surface area contributed by atoms with Crippen LogP contribution in [-0.2, 0) is 22.6 Å². The minimum atomic E-state index is -0.710.